The molecule has 0 aliphatic carbocycles. The molecule has 138 valence electrons. The first kappa shape index (κ1) is 24.7. The number of unbranched alkanes of at least 4 members (excludes halogenated alkanes) is 4. The Bertz CT molecular complexity index is 245. The molecule has 6 heteroatoms. The molecule has 5 nitrogen and oxygen atoms in total. The van der Waals surface area contributed by atoms with Crippen LogP contribution in [0.25, 0.3) is 0 Å². The lowest BCUT2D eigenvalue weighted by Gasteiger charge is -2.30. The predicted molar refractivity (Wildman–Crippen MR) is 96.5 cm³/mol. The Morgan fingerprint density at radius 3 is 1.30 bits per heavy atom. The Balaban J connectivity index is 0. The number of rotatable bonds is 15. The summed E-state index contributed by atoms with van der Waals surface area (Å²) in [7, 11) is -2.43. The normalized spacial score (nSPS) is 10.8. The van der Waals surface area contributed by atoms with Gasteiger partial charge in [-0.25, -0.2) is 10.2 Å². The van der Waals surface area contributed by atoms with Gasteiger partial charge in [-0.3, -0.25) is 0 Å². The highest BCUT2D eigenvalue weighted by molar-refractivity contribution is 6.60. The summed E-state index contributed by atoms with van der Waals surface area (Å²) < 4.78 is 18.5. The Kier molecular flexibility index (Phi) is 21.0. The van der Waals surface area contributed by atoms with Crippen molar-refractivity contribution in [1.82, 2.24) is 0 Å². The quantitative estimate of drug-likeness (QED) is 0.194. The van der Waals surface area contributed by atoms with Gasteiger partial charge in [0, 0.05) is 25.9 Å². The van der Waals surface area contributed by atoms with Gasteiger partial charge in [0.15, 0.2) is 0 Å². The molecule has 0 heterocycles. The second-order valence-electron chi connectivity index (χ2n) is 5.49. The largest absolute Gasteiger partial charge is 0.500 e. The third kappa shape index (κ3) is 16.1. The van der Waals surface area contributed by atoms with Crippen LogP contribution in [0, 0.1) is 5.41 Å². The third-order valence-electron chi connectivity index (χ3n) is 3.30. The lowest BCUT2D eigenvalue weighted by atomic mass is 10.4. The summed E-state index contributed by atoms with van der Waals surface area (Å²) >= 11 is 0. The van der Waals surface area contributed by atoms with Crippen molar-refractivity contribution < 1.29 is 18.1 Å². The van der Waals surface area contributed by atoms with Crippen molar-refractivity contribution in [3.63, 3.8) is 0 Å². The highest BCUT2D eigenvalue weighted by Crippen LogP contribution is 2.21. The minimum absolute atomic E-state index is 0.750. The molecule has 0 rings (SSSR count). The lowest BCUT2D eigenvalue weighted by Crippen LogP contribution is -2.46. The summed E-state index contributed by atoms with van der Waals surface area (Å²) in [4.78, 5) is 8.35. The van der Waals surface area contributed by atoms with Gasteiger partial charge in [-0.15, -0.1) is 0 Å². The van der Waals surface area contributed by atoms with E-state index in [0.29, 0.717) is 0 Å². The maximum atomic E-state index is 8.35. The van der Waals surface area contributed by atoms with Crippen LogP contribution < -0.4 is 0 Å². The maximum Gasteiger partial charge on any atom is 0.500 e. The lowest BCUT2D eigenvalue weighted by molar-refractivity contribution is 0.0558. The molecule has 0 atom stereocenters. The molecule has 0 aliphatic heterocycles. The first-order chi connectivity index (χ1) is 11.2. The van der Waals surface area contributed by atoms with E-state index in [9.17, 15) is 0 Å². The molecule has 0 aromatic rings. The van der Waals surface area contributed by atoms with Crippen molar-refractivity contribution in [2.45, 2.75) is 85.1 Å². The van der Waals surface area contributed by atoms with E-state index in [1.54, 1.807) is 0 Å². The van der Waals surface area contributed by atoms with E-state index in [0.717, 1.165) is 76.9 Å². The predicted octanol–water partition coefficient (Wildman–Crippen LogP) is 5.08. The van der Waals surface area contributed by atoms with Gasteiger partial charge in [0.1, 0.15) is 0 Å². The van der Waals surface area contributed by atoms with Crippen LogP contribution in [0.1, 0.15) is 79.1 Å². The SMILES string of the molecule is CCCCO[Si](CCCC)(OCCCC)OCCCC.N=C=O. The highest BCUT2D eigenvalue weighted by atomic mass is 28.4. The van der Waals surface area contributed by atoms with Crippen LogP contribution in [0.15, 0.2) is 0 Å². The fourth-order valence-corrected chi connectivity index (χ4v) is 4.69. The van der Waals surface area contributed by atoms with E-state index in [2.05, 4.69) is 27.7 Å². The van der Waals surface area contributed by atoms with Crippen molar-refractivity contribution in [1.29, 1.82) is 5.41 Å². The van der Waals surface area contributed by atoms with Crippen LogP contribution in [-0.2, 0) is 18.1 Å². The number of carbonyl (C=O) groups excluding carboxylic acids is 1. The topological polar surface area (TPSA) is 68.6 Å². The average Bonchev–Trinajstić information content (AvgIpc) is 2.54. The zero-order valence-corrected chi connectivity index (χ0v) is 16.6. The van der Waals surface area contributed by atoms with Gasteiger partial charge >= 0.3 is 8.80 Å². The summed E-state index contributed by atoms with van der Waals surface area (Å²) in [6.07, 6.45) is 9.79. The van der Waals surface area contributed by atoms with Crippen LogP contribution in [0.3, 0.4) is 0 Å². The van der Waals surface area contributed by atoms with E-state index in [4.69, 9.17) is 23.5 Å². The monoisotopic (exact) mass is 347 g/mol. The van der Waals surface area contributed by atoms with Crippen molar-refractivity contribution in [2.75, 3.05) is 19.8 Å². The summed E-state index contributed by atoms with van der Waals surface area (Å²) in [5, 5.41) is 5.40. The Labute approximate surface area is 144 Å². The smallest absolute Gasteiger partial charge is 0.373 e. The Morgan fingerprint density at radius 1 is 0.739 bits per heavy atom. The molecule has 0 fully saturated rings. The minimum Gasteiger partial charge on any atom is -0.373 e. The van der Waals surface area contributed by atoms with E-state index in [1.165, 1.54) is 6.42 Å². The molecule has 0 aromatic carbocycles. The summed E-state index contributed by atoms with van der Waals surface area (Å²) in [5.74, 6) is 0. The summed E-state index contributed by atoms with van der Waals surface area (Å²) in [6, 6.07) is 0.973. The van der Waals surface area contributed by atoms with Crippen LogP contribution in [0.4, 0.5) is 0 Å². The van der Waals surface area contributed by atoms with Gasteiger partial charge in [-0.1, -0.05) is 53.4 Å². The second-order valence-corrected chi connectivity index (χ2v) is 8.23. The van der Waals surface area contributed by atoms with Crippen molar-refractivity contribution in [2.24, 2.45) is 0 Å². The molecule has 0 unspecified atom stereocenters. The molecule has 0 bridgehead atoms. The van der Waals surface area contributed by atoms with Gasteiger partial charge < -0.3 is 13.3 Å². The summed E-state index contributed by atoms with van der Waals surface area (Å²) in [5.41, 5.74) is 0. The fourth-order valence-electron chi connectivity index (χ4n) is 1.85. The Morgan fingerprint density at radius 2 is 1.04 bits per heavy atom. The van der Waals surface area contributed by atoms with Crippen molar-refractivity contribution in [3.05, 3.63) is 0 Å². The van der Waals surface area contributed by atoms with Crippen LogP contribution in [0.5, 0.6) is 0 Å². The number of isocyanates is 1. The third-order valence-corrected chi connectivity index (χ3v) is 6.19. The van der Waals surface area contributed by atoms with Gasteiger partial charge in [0.2, 0.25) is 6.08 Å². The molecule has 0 aliphatic rings. The zero-order valence-electron chi connectivity index (χ0n) is 15.6. The minimum atomic E-state index is -2.43. The van der Waals surface area contributed by atoms with Gasteiger partial charge in [0.25, 0.3) is 0 Å². The zero-order chi connectivity index (χ0) is 17.8. The number of nitrogens with one attached hydrogen (secondary N) is 1. The molecule has 0 amide bonds. The molecule has 0 radical (unpaired) electrons. The number of hydrogen-bond acceptors (Lipinski definition) is 5. The average molecular weight is 348 g/mol. The van der Waals surface area contributed by atoms with Crippen LogP contribution >= 0.6 is 0 Å². The first-order valence-corrected chi connectivity index (χ1v) is 11.0. The van der Waals surface area contributed by atoms with E-state index >= 15 is 0 Å². The molecule has 0 aromatic heterocycles. The summed E-state index contributed by atoms with van der Waals surface area (Å²) in [6.45, 7) is 11.1. The van der Waals surface area contributed by atoms with Gasteiger partial charge in [-0.2, -0.15) is 0 Å². The van der Waals surface area contributed by atoms with Crippen LogP contribution in [-0.4, -0.2) is 34.7 Å². The fraction of sp³-hybridized carbons (Fsp3) is 0.941. The maximum absolute atomic E-state index is 8.35. The van der Waals surface area contributed by atoms with E-state index in [-0.39, 0.29) is 0 Å². The Hall–Kier alpha value is -0.523. The van der Waals surface area contributed by atoms with Crippen molar-refractivity contribution >= 4 is 14.9 Å². The molecule has 0 saturated carbocycles. The number of hydrogen-bond donors (Lipinski definition) is 1. The molecular weight excluding hydrogens is 310 g/mol. The second kappa shape index (κ2) is 19.5. The van der Waals surface area contributed by atoms with E-state index < -0.39 is 8.80 Å². The van der Waals surface area contributed by atoms with Crippen LogP contribution in [0.2, 0.25) is 6.04 Å². The molecule has 0 spiro atoms. The van der Waals surface area contributed by atoms with Gasteiger partial charge in [0.05, 0.1) is 0 Å². The van der Waals surface area contributed by atoms with Gasteiger partial charge in [-0.05, 0) is 25.7 Å². The van der Waals surface area contributed by atoms with E-state index in [1.807, 2.05) is 0 Å². The van der Waals surface area contributed by atoms with Crippen molar-refractivity contribution in [3.8, 4) is 0 Å². The molecular formula is C17H37NO4Si. The highest BCUT2D eigenvalue weighted by Gasteiger charge is 2.40. The first-order valence-electron chi connectivity index (χ1n) is 9.11. The molecule has 23 heavy (non-hydrogen) atoms. The standard InChI is InChI=1S/C16H36O3Si.CHNO/c1-5-9-13-17-20(16-12-8-4,18-14-10-6-2)19-15-11-7-3;2-1-3/h5-16H2,1-4H3;2H. The molecule has 0 saturated heterocycles. The molecule has 1 N–H and O–H groups in total.